The van der Waals surface area contributed by atoms with Crippen molar-refractivity contribution < 1.29 is 13.5 Å². The minimum absolute atomic E-state index is 0.0783. The molecule has 156 valence electrons. The van der Waals surface area contributed by atoms with Crippen LogP contribution >= 0.6 is 0 Å². The Hall–Kier alpha value is -2.97. The predicted octanol–water partition coefficient (Wildman–Crippen LogP) is 3.31. The third-order valence-corrected chi connectivity index (χ3v) is 7.50. The van der Waals surface area contributed by atoms with Gasteiger partial charge in [0.15, 0.2) is 0 Å². The van der Waals surface area contributed by atoms with Gasteiger partial charge in [0, 0.05) is 24.2 Å². The van der Waals surface area contributed by atoms with E-state index in [4.69, 9.17) is 5.73 Å². The smallest absolute Gasteiger partial charge is 0.243 e. The minimum atomic E-state index is -3.51. The standard InChI is InChI=1S/C22H24N4O3S/c1-15-6-8-17(9-7-15)30(28,29)26-12-10-16(11-13-26)19-14-20(24-25-22(19)23)18-4-2-3-5-21(18)27/h2-9,14,16,27H,10-13H2,1H3,(H2,23,25). The Labute approximate surface area is 176 Å². The van der Waals surface area contributed by atoms with E-state index in [1.165, 1.54) is 4.31 Å². The van der Waals surface area contributed by atoms with Gasteiger partial charge in [0.05, 0.1) is 10.6 Å². The van der Waals surface area contributed by atoms with Crippen molar-refractivity contribution in [2.75, 3.05) is 18.8 Å². The van der Waals surface area contributed by atoms with Crippen LogP contribution < -0.4 is 5.73 Å². The van der Waals surface area contributed by atoms with Gasteiger partial charge in [-0.25, -0.2) is 8.42 Å². The fourth-order valence-electron chi connectivity index (χ4n) is 3.83. The number of piperidine rings is 1. The van der Waals surface area contributed by atoms with E-state index in [2.05, 4.69) is 10.2 Å². The number of nitrogens with zero attached hydrogens (tertiary/aromatic N) is 3. The first kappa shape index (κ1) is 20.3. The number of para-hydroxylation sites is 1. The van der Waals surface area contributed by atoms with Crippen LogP contribution in [0.1, 0.15) is 29.9 Å². The SMILES string of the molecule is Cc1ccc(S(=O)(=O)N2CCC(c3cc(-c4ccccc4O)nnc3N)CC2)cc1. The summed E-state index contributed by atoms with van der Waals surface area (Å²) in [6.45, 7) is 2.75. The summed E-state index contributed by atoms with van der Waals surface area (Å²) in [6, 6.07) is 15.7. The quantitative estimate of drug-likeness (QED) is 0.665. The molecule has 0 atom stereocenters. The zero-order valence-electron chi connectivity index (χ0n) is 16.7. The maximum absolute atomic E-state index is 12.9. The summed E-state index contributed by atoms with van der Waals surface area (Å²) in [4.78, 5) is 0.318. The van der Waals surface area contributed by atoms with Gasteiger partial charge >= 0.3 is 0 Å². The topological polar surface area (TPSA) is 109 Å². The molecule has 3 aromatic rings. The number of benzene rings is 2. The molecule has 0 spiro atoms. The number of hydrogen-bond acceptors (Lipinski definition) is 6. The van der Waals surface area contributed by atoms with Crippen LogP contribution in [0, 0.1) is 6.92 Å². The van der Waals surface area contributed by atoms with Crippen LogP contribution in [-0.4, -0.2) is 41.1 Å². The molecule has 0 aliphatic carbocycles. The number of sulfonamides is 1. The number of aryl methyl sites for hydroxylation is 1. The van der Waals surface area contributed by atoms with Gasteiger partial charge in [-0.3, -0.25) is 0 Å². The summed E-state index contributed by atoms with van der Waals surface area (Å²) in [5, 5.41) is 18.3. The number of nitrogens with two attached hydrogens (primary N) is 1. The molecular weight excluding hydrogens is 400 g/mol. The first-order valence-corrected chi connectivity index (χ1v) is 11.3. The number of phenols is 1. The van der Waals surface area contributed by atoms with Gasteiger partial charge in [-0.15, -0.1) is 10.2 Å². The lowest BCUT2D eigenvalue weighted by molar-refractivity contribution is 0.319. The van der Waals surface area contributed by atoms with E-state index >= 15 is 0 Å². The Bertz CT molecular complexity index is 1160. The summed E-state index contributed by atoms with van der Waals surface area (Å²) in [7, 11) is -3.51. The highest BCUT2D eigenvalue weighted by Crippen LogP contribution is 2.35. The first-order chi connectivity index (χ1) is 14.4. The van der Waals surface area contributed by atoms with Crippen LogP contribution in [0.2, 0.25) is 0 Å². The van der Waals surface area contributed by atoms with E-state index in [0.29, 0.717) is 47.9 Å². The number of phenolic OH excluding ortho intramolecular Hbond substituents is 1. The van der Waals surface area contributed by atoms with Crippen molar-refractivity contribution in [3.05, 3.63) is 65.7 Å². The molecule has 1 aliphatic rings. The van der Waals surface area contributed by atoms with Crippen molar-refractivity contribution in [2.24, 2.45) is 0 Å². The Kier molecular flexibility index (Phi) is 5.44. The molecule has 1 aromatic heterocycles. The summed E-state index contributed by atoms with van der Waals surface area (Å²) >= 11 is 0. The second-order valence-corrected chi connectivity index (χ2v) is 9.52. The third-order valence-electron chi connectivity index (χ3n) is 5.59. The normalized spacial score (nSPS) is 15.9. The van der Waals surface area contributed by atoms with E-state index in [1.807, 2.05) is 31.2 Å². The van der Waals surface area contributed by atoms with Crippen LogP contribution in [0.25, 0.3) is 11.3 Å². The number of nitrogen functional groups attached to an aromatic ring is 1. The average Bonchev–Trinajstić information content (AvgIpc) is 2.75. The van der Waals surface area contributed by atoms with Gasteiger partial charge < -0.3 is 10.8 Å². The van der Waals surface area contributed by atoms with E-state index in [-0.39, 0.29) is 11.7 Å². The molecule has 1 aliphatic heterocycles. The number of rotatable bonds is 4. The Morgan fingerprint density at radius 2 is 1.70 bits per heavy atom. The number of aromatic nitrogens is 2. The van der Waals surface area contributed by atoms with Crippen molar-refractivity contribution in [2.45, 2.75) is 30.6 Å². The first-order valence-electron chi connectivity index (χ1n) is 9.84. The average molecular weight is 425 g/mol. The van der Waals surface area contributed by atoms with E-state index < -0.39 is 10.0 Å². The van der Waals surface area contributed by atoms with E-state index in [9.17, 15) is 13.5 Å². The molecule has 0 bridgehead atoms. The van der Waals surface area contributed by atoms with Crippen molar-refractivity contribution in [3.8, 4) is 17.0 Å². The highest BCUT2D eigenvalue weighted by Gasteiger charge is 2.31. The maximum Gasteiger partial charge on any atom is 0.243 e. The highest BCUT2D eigenvalue weighted by molar-refractivity contribution is 7.89. The molecule has 0 radical (unpaired) electrons. The Balaban J connectivity index is 1.54. The van der Waals surface area contributed by atoms with E-state index in [0.717, 1.165) is 11.1 Å². The second kappa shape index (κ2) is 8.04. The van der Waals surface area contributed by atoms with Crippen molar-refractivity contribution in [1.29, 1.82) is 0 Å². The molecule has 8 heteroatoms. The predicted molar refractivity (Wildman–Crippen MR) is 115 cm³/mol. The highest BCUT2D eigenvalue weighted by atomic mass is 32.2. The van der Waals surface area contributed by atoms with Crippen LogP contribution in [0.4, 0.5) is 5.82 Å². The summed E-state index contributed by atoms with van der Waals surface area (Å²) < 4.78 is 27.4. The molecule has 0 amide bonds. The van der Waals surface area contributed by atoms with Gasteiger partial charge in [-0.1, -0.05) is 29.8 Å². The van der Waals surface area contributed by atoms with Crippen LogP contribution in [-0.2, 0) is 10.0 Å². The fourth-order valence-corrected chi connectivity index (χ4v) is 5.30. The molecule has 0 saturated carbocycles. The molecule has 2 aromatic carbocycles. The summed E-state index contributed by atoms with van der Waals surface area (Å²) in [5.41, 5.74) is 9.10. The zero-order valence-corrected chi connectivity index (χ0v) is 17.5. The molecule has 0 unspecified atom stereocenters. The number of aromatic hydroxyl groups is 1. The zero-order chi connectivity index (χ0) is 21.3. The molecular formula is C22H24N4O3S. The lowest BCUT2D eigenvalue weighted by Gasteiger charge is -2.31. The fraction of sp³-hybridized carbons (Fsp3) is 0.273. The lowest BCUT2D eigenvalue weighted by atomic mass is 9.90. The maximum atomic E-state index is 12.9. The Morgan fingerprint density at radius 1 is 1.03 bits per heavy atom. The lowest BCUT2D eigenvalue weighted by Crippen LogP contribution is -2.38. The van der Waals surface area contributed by atoms with Crippen LogP contribution in [0.5, 0.6) is 5.75 Å². The summed E-state index contributed by atoms with van der Waals surface area (Å²) in [6.07, 6.45) is 1.28. The largest absolute Gasteiger partial charge is 0.507 e. The minimum Gasteiger partial charge on any atom is -0.507 e. The van der Waals surface area contributed by atoms with Gasteiger partial charge in [-0.2, -0.15) is 4.31 Å². The number of anilines is 1. The van der Waals surface area contributed by atoms with Gasteiger partial charge in [0.1, 0.15) is 11.6 Å². The van der Waals surface area contributed by atoms with Gasteiger partial charge in [0.2, 0.25) is 10.0 Å². The van der Waals surface area contributed by atoms with Crippen molar-refractivity contribution in [3.63, 3.8) is 0 Å². The number of hydrogen-bond donors (Lipinski definition) is 2. The molecule has 7 nitrogen and oxygen atoms in total. The van der Waals surface area contributed by atoms with Crippen molar-refractivity contribution in [1.82, 2.24) is 14.5 Å². The van der Waals surface area contributed by atoms with Crippen LogP contribution in [0.15, 0.2) is 59.5 Å². The second-order valence-electron chi connectivity index (χ2n) is 7.58. The van der Waals surface area contributed by atoms with Gasteiger partial charge in [0.25, 0.3) is 0 Å². The van der Waals surface area contributed by atoms with Gasteiger partial charge in [-0.05, 0) is 56.0 Å². The molecule has 2 heterocycles. The molecule has 1 fully saturated rings. The molecule has 1 saturated heterocycles. The van der Waals surface area contributed by atoms with Crippen molar-refractivity contribution >= 4 is 15.8 Å². The molecule has 4 rings (SSSR count). The monoisotopic (exact) mass is 424 g/mol. The third kappa shape index (κ3) is 3.88. The Morgan fingerprint density at radius 3 is 2.37 bits per heavy atom. The van der Waals surface area contributed by atoms with E-state index in [1.54, 1.807) is 30.3 Å². The van der Waals surface area contributed by atoms with Crippen LogP contribution in [0.3, 0.4) is 0 Å². The molecule has 3 N–H and O–H groups in total. The molecule has 30 heavy (non-hydrogen) atoms. The summed E-state index contributed by atoms with van der Waals surface area (Å²) in [5.74, 6) is 0.546.